The lowest BCUT2D eigenvalue weighted by atomic mass is 10.1. The van der Waals surface area contributed by atoms with Crippen LogP contribution >= 0.6 is 0 Å². The molecule has 1 N–H and O–H groups in total. The van der Waals surface area contributed by atoms with Crippen molar-refractivity contribution in [2.24, 2.45) is 0 Å². The topological polar surface area (TPSA) is 15.3 Å². The first-order valence-corrected chi connectivity index (χ1v) is 5.93. The van der Waals surface area contributed by atoms with Crippen molar-refractivity contribution in [3.05, 3.63) is 12.2 Å². The molecule has 0 aromatic heterocycles. The fourth-order valence-electron chi connectivity index (χ4n) is 2.06. The lowest BCUT2D eigenvalue weighted by molar-refractivity contribution is 0.197. The highest BCUT2D eigenvalue weighted by Crippen LogP contribution is 2.05. The van der Waals surface area contributed by atoms with E-state index in [4.69, 9.17) is 0 Å². The van der Waals surface area contributed by atoms with Gasteiger partial charge in [0.1, 0.15) is 0 Å². The van der Waals surface area contributed by atoms with E-state index >= 15 is 0 Å². The van der Waals surface area contributed by atoms with Crippen molar-refractivity contribution < 1.29 is 0 Å². The molecule has 1 saturated heterocycles. The second kappa shape index (κ2) is 7.02. The molecule has 1 atom stereocenters. The van der Waals surface area contributed by atoms with Crippen LogP contribution in [-0.4, -0.2) is 37.1 Å². The van der Waals surface area contributed by atoms with Crippen molar-refractivity contribution in [1.82, 2.24) is 10.2 Å². The smallest absolute Gasteiger partial charge is 0.0195 e. The molecule has 0 spiro atoms. The molecule has 0 aromatic carbocycles. The van der Waals surface area contributed by atoms with Crippen LogP contribution in [0.15, 0.2) is 12.2 Å². The molecule has 1 aliphatic heterocycles. The standard InChI is InChI=1S/C12H24N2/c1-3-5-6-9-14-10-8-13-12(11-14)7-4-2/h3,5,12-13H,4,6-11H2,1-2H3/b5-3+. The third kappa shape index (κ3) is 4.25. The highest BCUT2D eigenvalue weighted by Gasteiger charge is 2.17. The zero-order valence-electron chi connectivity index (χ0n) is 9.63. The van der Waals surface area contributed by atoms with E-state index < -0.39 is 0 Å². The molecule has 1 heterocycles. The Labute approximate surface area is 88.4 Å². The maximum atomic E-state index is 3.58. The number of nitrogens with one attached hydrogen (secondary N) is 1. The summed E-state index contributed by atoms with van der Waals surface area (Å²) < 4.78 is 0. The zero-order valence-corrected chi connectivity index (χ0v) is 9.63. The first-order valence-electron chi connectivity index (χ1n) is 5.93. The molecular formula is C12H24N2. The van der Waals surface area contributed by atoms with E-state index in [1.165, 1.54) is 45.4 Å². The van der Waals surface area contributed by atoms with Crippen LogP contribution in [0.25, 0.3) is 0 Å². The summed E-state index contributed by atoms with van der Waals surface area (Å²) in [7, 11) is 0. The molecule has 0 saturated carbocycles. The Morgan fingerprint density at radius 2 is 2.36 bits per heavy atom. The van der Waals surface area contributed by atoms with Gasteiger partial charge in [-0.05, 0) is 19.8 Å². The van der Waals surface area contributed by atoms with Crippen molar-refractivity contribution in [2.75, 3.05) is 26.2 Å². The van der Waals surface area contributed by atoms with Crippen molar-refractivity contribution in [2.45, 2.75) is 39.2 Å². The van der Waals surface area contributed by atoms with Crippen molar-refractivity contribution >= 4 is 0 Å². The van der Waals surface area contributed by atoms with E-state index in [9.17, 15) is 0 Å². The lowest BCUT2D eigenvalue weighted by Crippen LogP contribution is -2.50. The van der Waals surface area contributed by atoms with E-state index in [0.717, 1.165) is 6.04 Å². The largest absolute Gasteiger partial charge is 0.311 e. The van der Waals surface area contributed by atoms with Gasteiger partial charge in [-0.1, -0.05) is 25.5 Å². The van der Waals surface area contributed by atoms with Crippen LogP contribution in [0.3, 0.4) is 0 Å². The number of hydrogen-bond donors (Lipinski definition) is 1. The average Bonchev–Trinajstić information content (AvgIpc) is 2.19. The predicted molar refractivity (Wildman–Crippen MR) is 62.6 cm³/mol. The molecule has 0 amide bonds. The molecule has 0 radical (unpaired) electrons. The van der Waals surface area contributed by atoms with Crippen LogP contribution in [-0.2, 0) is 0 Å². The molecule has 14 heavy (non-hydrogen) atoms. The van der Waals surface area contributed by atoms with E-state index in [1.54, 1.807) is 0 Å². The number of rotatable bonds is 5. The molecule has 2 nitrogen and oxygen atoms in total. The Balaban J connectivity index is 2.18. The van der Waals surface area contributed by atoms with E-state index in [0.29, 0.717) is 0 Å². The molecule has 0 aromatic rings. The summed E-state index contributed by atoms with van der Waals surface area (Å²) in [4.78, 5) is 2.58. The number of hydrogen-bond acceptors (Lipinski definition) is 2. The van der Waals surface area contributed by atoms with Gasteiger partial charge in [0.2, 0.25) is 0 Å². The Bertz CT molecular complexity index is 164. The summed E-state index contributed by atoms with van der Waals surface area (Å²) >= 11 is 0. The summed E-state index contributed by atoms with van der Waals surface area (Å²) in [5.41, 5.74) is 0. The van der Waals surface area contributed by atoms with Gasteiger partial charge in [0.05, 0.1) is 0 Å². The van der Waals surface area contributed by atoms with Crippen molar-refractivity contribution in [1.29, 1.82) is 0 Å². The number of allylic oxidation sites excluding steroid dienone is 1. The highest BCUT2D eigenvalue weighted by atomic mass is 15.2. The molecule has 1 fully saturated rings. The van der Waals surface area contributed by atoms with Gasteiger partial charge >= 0.3 is 0 Å². The molecule has 0 aliphatic carbocycles. The number of piperazine rings is 1. The van der Waals surface area contributed by atoms with Crippen LogP contribution in [0.4, 0.5) is 0 Å². The third-order valence-electron chi connectivity index (χ3n) is 2.82. The fourth-order valence-corrected chi connectivity index (χ4v) is 2.06. The summed E-state index contributed by atoms with van der Waals surface area (Å²) in [6, 6.07) is 0.736. The molecular weight excluding hydrogens is 172 g/mol. The minimum absolute atomic E-state index is 0.736. The number of nitrogens with zero attached hydrogens (tertiary/aromatic N) is 1. The summed E-state index contributed by atoms with van der Waals surface area (Å²) in [6.07, 6.45) is 8.22. The van der Waals surface area contributed by atoms with E-state index in [2.05, 4.69) is 36.2 Å². The summed E-state index contributed by atoms with van der Waals surface area (Å²) in [6.45, 7) is 9.22. The maximum absolute atomic E-state index is 3.58. The van der Waals surface area contributed by atoms with Crippen LogP contribution < -0.4 is 5.32 Å². The molecule has 1 rings (SSSR count). The Hall–Kier alpha value is -0.340. The first-order chi connectivity index (χ1) is 6.86. The molecule has 2 heteroatoms. The molecule has 0 bridgehead atoms. The third-order valence-corrected chi connectivity index (χ3v) is 2.82. The van der Waals surface area contributed by atoms with Gasteiger partial charge < -0.3 is 10.2 Å². The van der Waals surface area contributed by atoms with Crippen molar-refractivity contribution in [3.8, 4) is 0 Å². The molecule has 82 valence electrons. The highest BCUT2D eigenvalue weighted by molar-refractivity contribution is 4.82. The Morgan fingerprint density at radius 1 is 1.50 bits per heavy atom. The van der Waals surface area contributed by atoms with E-state index in [1.807, 2.05) is 0 Å². The van der Waals surface area contributed by atoms with Crippen molar-refractivity contribution in [3.63, 3.8) is 0 Å². The lowest BCUT2D eigenvalue weighted by Gasteiger charge is -2.33. The monoisotopic (exact) mass is 196 g/mol. The quantitative estimate of drug-likeness (QED) is 0.677. The van der Waals surface area contributed by atoms with Crippen LogP contribution in [0.1, 0.15) is 33.1 Å². The van der Waals surface area contributed by atoms with Crippen LogP contribution in [0.5, 0.6) is 0 Å². The Morgan fingerprint density at radius 3 is 3.07 bits per heavy atom. The second-order valence-corrected chi connectivity index (χ2v) is 4.10. The minimum atomic E-state index is 0.736. The van der Waals surface area contributed by atoms with Gasteiger partial charge in [0, 0.05) is 32.2 Å². The van der Waals surface area contributed by atoms with Gasteiger partial charge in [-0.2, -0.15) is 0 Å². The van der Waals surface area contributed by atoms with Gasteiger partial charge in [-0.3, -0.25) is 0 Å². The van der Waals surface area contributed by atoms with Gasteiger partial charge in [-0.25, -0.2) is 0 Å². The predicted octanol–water partition coefficient (Wildman–Crippen LogP) is 2.03. The summed E-state index contributed by atoms with van der Waals surface area (Å²) in [5, 5.41) is 3.58. The molecule has 1 aliphatic rings. The molecule has 1 unspecified atom stereocenters. The van der Waals surface area contributed by atoms with Gasteiger partial charge in [-0.15, -0.1) is 0 Å². The Kier molecular flexibility index (Phi) is 5.88. The second-order valence-electron chi connectivity index (χ2n) is 4.10. The van der Waals surface area contributed by atoms with Gasteiger partial charge in [0.15, 0.2) is 0 Å². The maximum Gasteiger partial charge on any atom is 0.0195 e. The summed E-state index contributed by atoms with van der Waals surface area (Å²) in [5.74, 6) is 0. The van der Waals surface area contributed by atoms with Crippen LogP contribution in [0.2, 0.25) is 0 Å². The van der Waals surface area contributed by atoms with Gasteiger partial charge in [0.25, 0.3) is 0 Å². The average molecular weight is 196 g/mol. The van der Waals surface area contributed by atoms with Crippen LogP contribution in [0, 0.1) is 0 Å². The zero-order chi connectivity index (χ0) is 10.2. The van der Waals surface area contributed by atoms with E-state index in [-0.39, 0.29) is 0 Å². The first kappa shape index (κ1) is 11.7. The SMILES string of the molecule is C/C=C/CCN1CCNC(CCC)C1. The minimum Gasteiger partial charge on any atom is -0.311 e. The fraction of sp³-hybridized carbons (Fsp3) is 0.833. The normalized spacial score (nSPS) is 24.6.